The van der Waals surface area contributed by atoms with Gasteiger partial charge in [0, 0.05) is 66.8 Å². The van der Waals surface area contributed by atoms with E-state index in [2.05, 4.69) is 215 Å². The van der Waals surface area contributed by atoms with Crippen molar-refractivity contribution in [3.8, 4) is 28.4 Å². The number of fused-ring (bicyclic) bond motifs is 3. The van der Waals surface area contributed by atoms with E-state index in [-0.39, 0.29) is 31.9 Å². The van der Waals surface area contributed by atoms with Crippen LogP contribution in [-0.2, 0) is 31.9 Å². The largest absolute Gasteiger partial charge is 0.509 e. The van der Waals surface area contributed by atoms with Gasteiger partial charge in [0.25, 0.3) is 0 Å². The van der Waals surface area contributed by atoms with Gasteiger partial charge in [-0.25, -0.2) is 4.98 Å². The molecule has 0 saturated heterocycles. The van der Waals surface area contributed by atoms with Crippen molar-refractivity contribution in [2.24, 2.45) is 0 Å². The Morgan fingerprint density at radius 3 is 2.03 bits per heavy atom. The zero-order valence-electron chi connectivity index (χ0n) is 34.5. The van der Waals surface area contributed by atoms with Crippen LogP contribution in [0.3, 0.4) is 0 Å². The van der Waals surface area contributed by atoms with E-state index in [0.29, 0.717) is 11.5 Å². The molecule has 1 aliphatic heterocycles. The molecule has 0 aliphatic carbocycles. The zero-order valence-corrected chi connectivity index (χ0v) is 36.8. The van der Waals surface area contributed by atoms with Crippen LogP contribution in [-0.4, -0.2) is 9.55 Å². The topological polar surface area (TPSA) is 33.5 Å². The molecule has 0 radical (unpaired) electrons. The zero-order chi connectivity index (χ0) is 40.2. The van der Waals surface area contributed by atoms with E-state index in [1.54, 1.807) is 0 Å². The van der Waals surface area contributed by atoms with Crippen LogP contribution < -0.4 is 14.5 Å². The van der Waals surface area contributed by atoms with Crippen LogP contribution in [0.2, 0.25) is 0 Å². The van der Waals surface area contributed by atoms with Gasteiger partial charge in [0.1, 0.15) is 5.82 Å². The van der Waals surface area contributed by atoms with Crippen LogP contribution in [0.15, 0.2) is 163 Å². The summed E-state index contributed by atoms with van der Waals surface area (Å²) in [5.74, 6) is 2.03. The van der Waals surface area contributed by atoms with Gasteiger partial charge in [-0.15, -0.1) is 53.6 Å². The van der Waals surface area contributed by atoms with Crippen LogP contribution >= 0.6 is 0 Å². The SMILES string of the molecule is CC1=C(C)N(c2cccc(C(C)(C)C)c2)[CH-]N1c1[c-]c(Oc2[c-]c3c(cc2)c2ccccc2n3-c2cc(C(C)(C)c3ccccc3)ccn2)cc(-c2ccccc2)c1.[Pt]. The molecule has 0 saturated carbocycles. The molecular formula is C53H47N4OPt-3. The number of ether oxygens (including phenoxy) is 1. The third-order valence-electron chi connectivity index (χ3n) is 11.6. The van der Waals surface area contributed by atoms with Crippen LogP contribution in [0.25, 0.3) is 38.8 Å². The minimum absolute atomic E-state index is 0. The minimum Gasteiger partial charge on any atom is -0.509 e. The molecule has 0 fully saturated rings. The number of anilines is 2. The van der Waals surface area contributed by atoms with Crippen molar-refractivity contribution in [1.82, 2.24) is 9.55 Å². The minimum atomic E-state index is -0.223. The van der Waals surface area contributed by atoms with Crippen molar-refractivity contribution >= 4 is 33.2 Å². The molecule has 0 spiro atoms. The molecule has 6 heteroatoms. The fourth-order valence-electron chi connectivity index (χ4n) is 8.01. The Hall–Kier alpha value is -5.90. The molecule has 6 aromatic carbocycles. The second kappa shape index (κ2) is 15.7. The summed E-state index contributed by atoms with van der Waals surface area (Å²) in [5, 5.41) is 2.22. The average Bonchev–Trinajstić information content (AvgIpc) is 3.73. The van der Waals surface area contributed by atoms with E-state index >= 15 is 0 Å². The van der Waals surface area contributed by atoms with E-state index in [0.717, 1.165) is 61.5 Å². The van der Waals surface area contributed by atoms with Gasteiger partial charge in [-0.2, -0.15) is 6.07 Å². The first kappa shape index (κ1) is 39.9. The number of nitrogens with zero attached hydrogens (tertiary/aromatic N) is 4. The van der Waals surface area contributed by atoms with Gasteiger partial charge in [-0.05, 0) is 77.2 Å². The van der Waals surface area contributed by atoms with Crippen LogP contribution in [0.5, 0.6) is 11.5 Å². The molecule has 0 unspecified atom stereocenters. The van der Waals surface area contributed by atoms with Crippen LogP contribution in [0, 0.1) is 18.8 Å². The summed E-state index contributed by atoms with van der Waals surface area (Å²) in [6.45, 7) is 17.8. The number of aromatic nitrogens is 2. The van der Waals surface area contributed by atoms with E-state index in [9.17, 15) is 0 Å². The average molecular weight is 951 g/mol. The number of rotatable bonds is 8. The number of hydrogen-bond donors (Lipinski definition) is 0. The van der Waals surface area contributed by atoms with Crippen molar-refractivity contribution in [1.29, 1.82) is 0 Å². The molecule has 5 nitrogen and oxygen atoms in total. The summed E-state index contributed by atoms with van der Waals surface area (Å²) in [5.41, 5.74) is 11.9. The standard InChI is InChI=1S/C53H47N4O.Pt/c1-36-37(2)56(35-55(36)43-22-16-21-41(31-43)52(3,4)5)44-29-39(38-17-10-8-11-18-38)30-46(33-44)58-45-25-26-48-47-23-14-15-24-49(47)57(50(48)34-45)51-32-42(27-28-54-51)53(6,7)40-19-12-9-13-20-40;/h8-32,35H,1-7H3;/q-3;. The molecule has 1 aliphatic rings. The smallest absolute Gasteiger partial charge is 0.135 e. The van der Waals surface area contributed by atoms with Gasteiger partial charge in [0.15, 0.2) is 0 Å². The molecule has 59 heavy (non-hydrogen) atoms. The summed E-state index contributed by atoms with van der Waals surface area (Å²) in [6.07, 6.45) is 1.91. The quantitative estimate of drug-likeness (QED) is 0.142. The Labute approximate surface area is 362 Å². The normalized spacial score (nSPS) is 13.3. The molecule has 0 bridgehead atoms. The number of pyridine rings is 1. The predicted octanol–water partition coefficient (Wildman–Crippen LogP) is 13.6. The summed E-state index contributed by atoms with van der Waals surface area (Å²) >= 11 is 0. The molecule has 8 aromatic rings. The molecule has 3 heterocycles. The van der Waals surface area contributed by atoms with E-state index < -0.39 is 0 Å². The second-order valence-electron chi connectivity index (χ2n) is 16.7. The first-order valence-electron chi connectivity index (χ1n) is 20.0. The van der Waals surface area contributed by atoms with Gasteiger partial charge in [0.2, 0.25) is 0 Å². The maximum atomic E-state index is 6.78. The third kappa shape index (κ3) is 7.49. The number of allylic oxidation sites excluding steroid dienone is 2. The third-order valence-corrected chi connectivity index (χ3v) is 11.6. The Balaban J connectivity index is 0.00000484. The fourth-order valence-corrected chi connectivity index (χ4v) is 8.01. The monoisotopic (exact) mass is 950 g/mol. The van der Waals surface area contributed by atoms with Gasteiger partial charge < -0.3 is 19.1 Å². The van der Waals surface area contributed by atoms with E-state index in [1.807, 2.05) is 18.3 Å². The van der Waals surface area contributed by atoms with Crippen LogP contribution in [0.1, 0.15) is 65.2 Å². The summed E-state index contributed by atoms with van der Waals surface area (Å²) in [6, 6.07) is 58.4. The Kier molecular flexibility index (Phi) is 10.6. The Morgan fingerprint density at radius 2 is 1.27 bits per heavy atom. The molecule has 298 valence electrons. The summed E-state index contributed by atoms with van der Waals surface area (Å²) in [7, 11) is 0. The first-order chi connectivity index (χ1) is 28.0. The maximum absolute atomic E-state index is 6.78. The van der Waals surface area contributed by atoms with Crippen molar-refractivity contribution in [3.05, 3.63) is 199 Å². The second-order valence-corrected chi connectivity index (χ2v) is 16.7. The van der Waals surface area contributed by atoms with Gasteiger partial charge in [0.05, 0.1) is 0 Å². The summed E-state index contributed by atoms with van der Waals surface area (Å²) in [4.78, 5) is 9.41. The number of hydrogen-bond acceptors (Lipinski definition) is 4. The van der Waals surface area contributed by atoms with Crippen molar-refractivity contribution in [2.45, 2.75) is 59.3 Å². The van der Waals surface area contributed by atoms with Crippen molar-refractivity contribution in [3.63, 3.8) is 0 Å². The van der Waals surface area contributed by atoms with E-state index in [1.165, 1.54) is 16.7 Å². The molecule has 0 N–H and O–H groups in total. The molecule has 9 rings (SSSR count). The molecule has 2 aromatic heterocycles. The van der Waals surface area contributed by atoms with Crippen molar-refractivity contribution < 1.29 is 25.8 Å². The number of benzene rings is 6. The molecular weight excluding hydrogens is 904 g/mol. The van der Waals surface area contributed by atoms with Crippen LogP contribution in [0.4, 0.5) is 11.4 Å². The maximum Gasteiger partial charge on any atom is 0.135 e. The number of para-hydroxylation sites is 1. The van der Waals surface area contributed by atoms with E-state index in [4.69, 9.17) is 9.72 Å². The van der Waals surface area contributed by atoms with Gasteiger partial charge in [-0.3, -0.25) is 0 Å². The molecule has 0 amide bonds. The Bertz CT molecular complexity index is 2830. The van der Waals surface area contributed by atoms with Gasteiger partial charge >= 0.3 is 0 Å². The van der Waals surface area contributed by atoms with Crippen molar-refractivity contribution in [2.75, 3.05) is 9.80 Å². The fraction of sp³-hybridized carbons (Fsp3) is 0.170. The Morgan fingerprint density at radius 1 is 0.576 bits per heavy atom. The predicted molar refractivity (Wildman–Crippen MR) is 240 cm³/mol. The van der Waals surface area contributed by atoms with Gasteiger partial charge in [-0.1, -0.05) is 131 Å². The summed E-state index contributed by atoms with van der Waals surface area (Å²) < 4.78 is 8.99. The first-order valence-corrected chi connectivity index (χ1v) is 20.0. The molecule has 0 atom stereocenters.